The van der Waals surface area contributed by atoms with Gasteiger partial charge in [0, 0.05) is 36.9 Å². The van der Waals surface area contributed by atoms with Crippen molar-refractivity contribution in [3.63, 3.8) is 0 Å². The molecule has 0 aliphatic carbocycles. The summed E-state index contributed by atoms with van der Waals surface area (Å²) in [6.45, 7) is 8.13. The fourth-order valence-electron chi connectivity index (χ4n) is 3.64. The fourth-order valence-corrected chi connectivity index (χ4v) is 3.81. The molecule has 0 N–H and O–H groups in total. The highest BCUT2D eigenvalue weighted by Crippen LogP contribution is 2.27. The highest BCUT2D eigenvalue weighted by Gasteiger charge is 2.26. The summed E-state index contributed by atoms with van der Waals surface area (Å²) >= 11 is 6.20. The molecule has 0 saturated carbocycles. The molecule has 2 aromatic carbocycles. The Hall–Kier alpha value is -2.44. The second-order valence-electron chi connectivity index (χ2n) is 6.91. The van der Waals surface area contributed by atoms with Crippen LogP contribution in [0, 0.1) is 6.92 Å². The SMILES string of the molecule is Cc1ccc(Cl)cc1N1CCN(C(C)c2nnnn2-c2ccccc2)CC1. The molecule has 0 bridgehead atoms. The molecule has 1 aromatic heterocycles. The number of para-hydroxylation sites is 1. The van der Waals surface area contributed by atoms with Crippen LogP contribution in [0.3, 0.4) is 0 Å². The summed E-state index contributed by atoms with van der Waals surface area (Å²) < 4.78 is 1.83. The number of rotatable bonds is 4. The zero-order valence-corrected chi connectivity index (χ0v) is 16.3. The Labute approximate surface area is 164 Å². The van der Waals surface area contributed by atoms with Crippen molar-refractivity contribution in [1.82, 2.24) is 25.1 Å². The van der Waals surface area contributed by atoms with E-state index in [-0.39, 0.29) is 6.04 Å². The second kappa shape index (κ2) is 7.66. The van der Waals surface area contributed by atoms with E-state index in [2.05, 4.69) is 51.3 Å². The largest absolute Gasteiger partial charge is 0.369 e. The van der Waals surface area contributed by atoms with E-state index in [0.29, 0.717) is 0 Å². The van der Waals surface area contributed by atoms with Crippen LogP contribution in [0.5, 0.6) is 0 Å². The average molecular weight is 383 g/mol. The van der Waals surface area contributed by atoms with Crippen molar-refractivity contribution in [3.8, 4) is 5.69 Å². The summed E-state index contributed by atoms with van der Waals surface area (Å²) in [6, 6.07) is 16.3. The molecule has 1 fully saturated rings. The zero-order valence-electron chi connectivity index (χ0n) is 15.6. The third-order valence-electron chi connectivity index (χ3n) is 5.24. The molecule has 27 heavy (non-hydrogen) atoms. The Balaban J connectivity index is 1.48. The Morgan fingerprint density at radius 2 is 1.74 bits per heavy atom. The molecule has 1 unspecified atom stereocenters. The summed E-state index contributed by atoms with van der Waals surface area (Å²) in [6.07, 6.45) is 0. The Morgan fingerprint density at radius 1 is 1.00 bits per heavy atom. The first-order valence-electron chi connectivity index (χ1n) is 9.22. The number of halogens is 1. The summed E-state index contributed by atoms with van der Waals surface area (Å²) in [7, 11) is 0. The highest BCUT2D eigenvalue weighted by molar-refractivity contribution is 6.30. The van der Waals surface area contributed by atoms with Crippen LogP contribution in [0.15, 0.2) is 48.5 Å². The monoisotopic (exact) mass is 382 g/mol. The summed E-state index contributed by atoms with van der Waals surface area (Å²) in [4.78, 5) is 4.84. The zero-order chi connectivity index (χ0) is 18.8. The lowest BCUT2D eigenvalue weighted by Gasteiger charge is -2.39. The van der Waals surface area contributed by atoms with Crippen LogP contribution < -0.4 is 4.90 Å². The molecule has 140 valence electrons. The standard InChI is InChI=1S/C20H23ClN6/c1-15-8-9-17(21)14-19(15)26-12-10-25(11-13-26)16(2)20-22-23-24-27(20)18-6-4-3-5-7-18/h3-9,14,16H,10-13H2,1-2H3. The molecule has 4 rings (SSSR count). The molecule has 3 aromatic rings. The highest BCUT2D eigenvalue weighted by atomic mass is 35.5. The predicted molar refractivity (Wildman–Crippen MR) is 108 cm³/mol. The lowest BCUT2D eigenvalue weighted by atomic mass is 10.1. The van der Waals surface area contributed by atoms with Gasteiger partial charge in [-0.2, -0.15) is 4.68 Å². The number of aryl methyl sites for hydroxylation is 1. The third-order valence-corrected chi connectivity index (χ3v) is 5.48. The van der Waals surface area contributed by atoms with E-state index in [9.17, 15) is 0 Å². The Kier molecular flexibility index (Phi) is 5.09. The number of nitrogens with zero attached hydrogens (tertiary/aromatic N) is 6. The predicted octanol–water partition coefficient (Wildman–Crippen LogP) is 3.51. The molecule has 1 atom stereocenters. The van der Waals surface area contributed by atoms with Gasteiger partial charge >= 0.3 is 0 Å². The van der Waals surface area contributed by atoms with Crippen LogP contribution in [-0.2, 0) is 0 Å². The maximum absolute atomic E-state index is 6.20. The van der Waals surface area contributed by atoms with E-state index in [1.807, 2.05) is 41.1 Å². The lowest BCUT2D eigenvalue weighted by Crippen LogP contribution is -2.47. The molecule has 0 spiro atoms. The van der Waals surface area contributed by atoms with E-state index >= 15 is 0 Å². The molecular formula is C20H23ClN6. The minimum Gasteiger partial charge on any atom is -0.369 e. The van der Waals surface area contributed by atoms with Crippen LogP contribution >= 0.6 is 11.6 Å². The molecule has 0 amide bonds. The minimum atomic E-state index is 0.141. The van der Waals surface area contributed by atoms with Gasteiger partial charge in [-0.15, -0.1) is 5.10 Å². The minimum absolute atomic E-state index is 0.141. The number of aromatic nitrogens is 4. The number of anilines is 1. The Bertz CT molecular complexity index is 902. The summed E-state index contributed by atoms with van der Waals surface area (Å²) in [5, 5.41) is 13.2. The number of tetrazole rings is 1. The lowest BCUT2D eigenvalue weighted by molar-refractivity contribution is 0.189. The van der Waals surface area contributed by atoms with Gasteiger partial charge in [0.15, 0.2) is 5.82 Å². The number of benzene rings is 2. The van der Waals surface area contributed by atoms with E-state index < -0.39 is 0 Å². The van der Waals surface area contributed by atoms with E-state index in [1.165, 1.54) is 11.3 Å². The molecule has 6 nitrogen and oxygen atoms in total. The van der Waals surface area contributed by atoms with Crippen molar-refractivity contribution >= 4 is 17.3 Å². The number of hydrogen-bond acceptors (Lipinski definition) is 5. The average Bonchev–Trinajstić information content (AvgIpc) is 3.20. The van der Waals surface area contributed by atoms with Crippen LogP contribution in [-0.4, -0.2) is 51.3 Å². The van der Waals surface area contributed by atoms with E-state index in [0.717, 1.165) is 42.7 Å². The summed E-state index contributed by atoms with van der Waals surface area (Å²) in [5.74, 6) is 0.869. The molecule has 2 heterocycles. The van der Waals surface area contributed by atoms with Gasteiger partial charge in [-0.3, -0.25) is 4.90 Å². The smallest absolute Gasteiger partial charge is 0.173 e. The molecule has 7 heteroatoms. The van der Waals surface area contributed by atoms with E-state index in [1.54, 1.807) is 0 Å². The first-order valence-corrected chi connectivity index (χ1v) is 9.60. The van der Waals surface area contributed by atoms with Crippen LogP contribution in [0.25, 0.3) is 5.69 Å². The van der Waals surface area contributed by atoms with Gasteiger partial charge in [0.05, 0.1) is 11.7 Å². The van der Waals surface area contributed by atoms with Gasteiger partial charge in [0.1, 0.15) is 0 Å². The first-order chi connectivity index (χ1) is 13.1. The van der Waals surface area contributed by atoms with Gasteiger partial charge in [0.2, 0.25) is 0 Å². The molecule has 1 saturated heterocycles. The van der Waals surface area contributed by atoms with Crippen molar-refractivity contribution in [2.75, 3.05) is 31.1 Å². The van der Waals surface area contributed by atoms with Gasteiger partial charge in [0.25, 0.3) is 0 Å². The van der Waals surface area contributed by atoms with Crippen molar-refractivity contribution in [1.29, 1.82) is 0 Å². The molecule has 1 aliphatic rings. The normalized spacial score (nSPS) is 16.5. The molecule has 0 radical (unpaired) electrons. The third kappa shape index (κ3) is 3.68. The fraction of sp³-hybridized carbons (Fsp3) is 0.350. The summed E-state index contributed by atoms with van der Waals surface area (Å²) in [5.41, 5.74) is 3.47. The van der Waals surface area contributed by atoms with Gasteiger partial charge in [-0.25, -0.2) is 0 Å². The van der Waals surface area contributed by atoms with Crippen LogP contribution in [0.1, 0.15) is 24.4 Å². The molecule has 1 aliphatic heterocycles. The number of hydrogen-bond donors (Lipinski definition) is 0. The van der Waals surface area contributed by atoms with Crippen LogP contribution in [0.4, 0.5) is 5.69 Å². The van der Waals surface area contributed by atoms with Crippen molar-refractivity contribution in [3.05, 3.63) is 64.9 Å². The topological polar surface area (TPSA) is 50.1 Å². The van der Waals surface area contributed by atoms with Crippen molar-refractivity contribution in [2.45, 2.75) is 19.9 Å². The molecular weight excluding hydrogens is 360 g/mol. The number of piperazine rings is 1. The maximum atomic E-state index is 6.20. The Morgan fingerprint density at radius 3 is 2.48 bits per heavy atom. The quantitative estimate of drug-likeness (QED) is 0.691. The second-order valence-corrected chi connectivity index (χ2v) is 7.35. The van der Waals surface area contributed by atoms with Crippen LogP contribution in [0.2, 0.25) is 5.02 Å². The maximum Gasteiger partial charge on any atom is 0.173 e. The van der Waals surface area contributed by atoms with Gasteiger partial charge in [-0.05, 0) is 54.1 Å². The van der Waals surface area contributed by atoms with Gasteiger partial charge in [-0.1, -0.05) is 35.9 Å². The van der Waals surface area contributed by atoms with E-state index in [4.69, 9.17) is 11.6 Å². The van der Waals surface area contributed by atoms with Gasteiger partial charge < -0.3 is 4.90 Å². The van der Waals surface area contributed by atoms with Crippen molar-refractivity contribution in [2.24, 2.45) is 0 Å². The first kappa shape index (κ1) is 17.9. The van der Waals surface area contributed by atoms with Crippen molar-refractivity contribution < 1.29 is 0 Å².